The fourth-order valence-electron chi connectivity index (χ4n) is 3.69. The van der Waals surface area contributed by atoms with Gasteiger partial charge in [-0.2, -0.15) is 5.26 Å². The zero-order valence-electron chi connectivity index (χ0n) is 14.8. The van der Waals surface area contributed by atoms with E-state index in [0.717, 1.165) is 44.2 Å². The molecule has 0 amide bonds. The highest BCUT2D eigenvalue weighted by atomic mass is 35.5. The Hall–Kier alpha value is -3.54. The first-order valence-electron chi connectivity index (χ1n) is 8.95. The Balaban J connectivity index is 1.76. The van der Waals surface area contributed by atoms with Crippen molar-refractivity contribution in [2.75, 3.05) is 0 Å². The van der Waals surface area contributed by atoms with E-state index in [1.165, 1.54) is 0 Å². The van der Waals surface area contributed by atoms with Gasteiger partial charge >= 0.3 is 0 Å². The van der Waals surface area contributed by atoms with Crippen molar-refractivity contribution in [3.05, 3.63) is 95.5 Å². The Labute approximate surface area is 167 Å². The number of rotatable bonds is 2. The van der Waals surface area contributed by atoms with Gasteiger partial charge in [0.1, 0.15) is 17.2 Å². The molecule has 0 N–H and O–H groups in total. The number of halogens is 1. The number of nitriles is 1. The molecule has 0 bridgehead atoms. The summed E-state index contributed by atoms with van der Waals surface area (Å²) in [4.78, 5) is 0. The van der Waals surface area contributed by atoms with Crippen molar-refractivity contribution in [2.45, 2.75) is 0 Å². The molecule has 0 saturated heterocycles. The van der Waals surface area contributed by atoms with E-state index < -0.39 is 0 Å². The second-order valence-corrected chi connectivity index (χ2v) is 7.10. The highest BCUT2D eigenvalue weighted by Crippen LogP contribution is 2.37. The van der Waals surface area contributed by atoms with Crippen LogP contribution >= 0.6 is 11.6 Å². The molecule has 5 aromatic rings. The van der Waals surface area contributed by atoms with Crippen LogP contribution in [-0.4, -0.2) is 0 Å². The molecule has 0 aliphatic carbocycles. The number of fused-ring (bicyclic) bond motifs is 3. The third-order valence-corrected chi connectivity index (χ3v) is 5.21. The first kappa shape index (κ1) is 16.6. The normalized spacial score (nSPS) is 11.0. The second-order valence-electron chi connectivity index (χ2n) is 6.66. The average molecular weight is 380 g/mol. The molecule has 0 aliphatic rings. The van der Waals surface area contributed by atoms with E-state index >= 15 is 0 Å². The maximum Gasteiger partial charge on any atom is 0.136 e. The molecular formula is C25H14ClNO. The number of benzene rings is 4. The number of hydrogen-bond acceptors (Lipinski definition) is 2. The van der Waals surface area contributed by atoms with Gasteiger partial charge in [0, 0.05) is 26.9 Å². The molecule has 0 aliphatic heterocycles. The molecule has 1 aromatic heterocycles. The van der Waals surface area contributed by atoms with Gasteiger partial charge in [-0.1, -0.05) is 66.2 Å². The molecule has 0 saturated carbocycles. The van der Waals surface area contributed by atoms with Gasteiger partial charge in [0.05, 0.1) is 5.56 Å². The van der Waals surface area contributed by atoms with Crippen LogP contribution in [0, 0.1) is 11.3 Å². The molecule has 4 aromatic carbocycles. The fraction of sp³-hybridized carbons (Fsp3) is 0. The van der Waals surface area contributed by atoms with Crippen molar-refractivity contribution in [2.24, 2.45) is 0 Å². The van der Waals surface area contributed by atoms with E-state index in [9.17, 15) is 5.26 Å². The molecule has 0 unspecified atom stereocenters. The Morgan fingerprint density at radius 1 is 0.679 bits per heavy atom. The minimum atomic E-state index is 0.595. The van der Waals surface area contributed by atoms with Gasteiger partial charge in [-0.25, -0.2) is 0 Å². The lowest BCUT2D eigenvalue weighted by Crippen LogP contribution is -1.90. The van der Waals surface area contributed by atoms with E-state index in [1.54, 1.807) is 0 Å². The van der Waals surface area contributed by atoms with Crippen molar-refractivity contribution in [3.63, 3.8) is 0 Å². The molecule has 132 valence electrons. The van der Waals surface area contributed by atoms with E-state index in [1.807, 2.05) is 78.9 Å². The SMILES string of the molecule is N#Cc1c(-c2ccccc2)cc(Cl)cc1-c1ccc2c(c1)oc1ccccc12. The van der Waals surface area contributed by atoms with Gasteiger partial charge in [-0.05, 0) is 41.5 Å². The van der Waals surface area contributed by atoms with E-state index in [4.69, 9.17) is 16.0 Å². The van der Waals surface area contributed by atoms with Crippen LogP contribution in [0.4, 0.5) is 0 Å². The summed E-state index contributed by atoms with van der Waals surface area (Å²) >= 11 is 6.43. The van der Waals surface area contributed by atoms with Crippen molar-refractivity contribution >= 4 is 33.5 Å². The quantitative estimate of drug-likeness (QED) is 0.319. The highest BCUT2D eigenvalue weighted by Gasteiger charge is 2.15. The molecule has 28 heavy (non-hydrogen) atoms. The summed E-state index contributed by atoms with van der Waals surface area (Å²) in [6.45, 7) is 0. The van der Waals surface area contributed by atoms with Gasteiger partial charge in [-0.15, -0.1) is 0 Å². The molecule has 5 rings (SSSR count). The van der Waals surface area contributed by atoms with E-state index in [2.05, 4.69) is 12.1 Å². The smallest absolute Gasteiger partial charge is 0.136 e. The maximum absolute atomic E-state index is 9.92. The fourth-order valence-corrected chi connectivity index (χ4v) is 3.91. The summed E-state index contributed by atoms with van der Waals surface area (Å²) in [5, 5.41) is 12.7. The minimum Gasteiger partial charge on any atom is -0.456 e. The largest absolute Gasteiger partial charge is 0.456 e. The third-order valence-electron chi connectivity index (χ3n) is 4.99. The van der Waals surface area contributed by atoms with E-state index in [0.29, 0.717) is 10.6 Å². The molecule has 0 fully saturated rings. The van der Waals surface area contributed by atoms with Crippen LogP contribution in [0.25, 0.3) is 44.2 Å². The zero-order chi connectivity index (χ0) is 19.1. The number of hydrogen-bond donors (Lipinski definition) is 0. The predicted octanol–water partition coefficient (Wildman–Crippen LogP) is 7.45. The van der Waals surface area contributed by atoms with Crippen molar-refractivity contribution < 1.29 is 4.42 Å². The third kappa shape index (κ3) is 2.65. The van der Waals surface area contributed by atoms with Crippen LogP contribution in [-0.2, 0) is 0 Å². The monoisotopic (exact) mass is 379 g/mol. The lowest BCUT2D eigenvalue weighted by atomic mass is 9.92. The first-order valence-corrected chi connectivity index (χ1v) is 9.33. The Morgan fingerprint density at radius 3 is 2.14 bits per heavy atom. The van der Waals surface area contributed by atoms with Crippen LogP contribution in [0.1, 0.15) is 5.56 Å². The molecule has 0 atom stereocenters. The van der Waals surface area contributed by atoms with Crippen molar-refractivity contribution in [3.8, 4) is 28.3 Å². The first-order chi connectivity index (χ1) is 13.7. The van der Waals surface area contributed by atoms with Crippen molar-refractivity contribution in [1.29, 1.82) is 5.26 Å². The molecule has 1 heterocycles. The van der Waals surface area contributed by atoms with Gasteiger partial charge in [-0.3, -0.25) is 0 Å². The number of furan rings is 1. The predicted molar refractivity (Wildman–Crippen MR) is 114 cm³/mol. The van der Waals surface area contributed by atoms with Crippen LogP contribution in [0.15, 0.2) is 89.3 Å². The second kappa shape index (κ2) is 6.56. The summed E-state index contributed by atoms with van der Waals surface area (Å²) < 4.78 is 6.02. The molecular weight excluding hydrogens is 366 g/mol. The Kier molecular flexibility index (Phi) is 3.90. The summed E-state index contributed by atoms with van der Waals surface area (Å²) in [6.07, 6.45) is 0. The van der Waals surface area contributed by atoms with Crippen LogP contribution in [0.5, 0.6) is 0 Å². The summed E-state index contributed by atoms with van der Waals surface area (Å²) in [6, 6.07) is 29.9. The average Bonchev–Trinajstić information content (AvgIpc) is 3.11. The van der Waals surface area contributed by atoms with Crippen LogP contribution in [0.2, 0.25) is 5.02 Å². The zero-order valence-corrected chi connectivity index (χ0v) is 15.6. The van der Waals surface area contributed by atoms with Crippen molar-refractivity contribution in [1.82, 2.24) is 0 Å². The lowest BCUT2D eigenvalue weighted by molar-refractivity contribution is 0.669. The van der Waals surface area contributed by atoms with Gasteiger partial charge in [0.25, 0.3) is 0 Å². The summed E-state index contributed by atoms with van der Waals surface area (Å²) in [5.74, 6) is 0. The summed E-state index contributed by atoms with van der Waals surface area (Å²) in [5.41, 5.74) is 5.75. The highest BCUT2D eigenvalue weighted by molar-refractivity contribution is 6.31. The van der Waals surface area contributed by atoms with Crippen LogP contribution in [0.3, 0.4) is 0 Å². The number of nitrogens with zero attached hydrogens (tertiary/aromatic N) is 1. The molecule has 2 nitrogen and oxygen atoms in total. The molecule has 3 heteroatoms. The standard InChI is InChI=1S/C25H14ClNO/c26-18-13-21(16-6-2-1-3-7-16)23(15-27)22(14-18)17-10-11-20-19-8-4-5-9-24(19)28-25(20)12-17/h1-14H. The van der Waals surface area contributed by atoms with E-state index in [-0.39, 0.29) is 0 Å². The van der Waals surface area contributed by atoms with Crippen LogP contribution < -0.4 is 0 Å². The number of para-hydroxylation sites is 1. The topological polar surface area (TPSA) is 36.9 Å². The maximum atomic E-state index is 9.92. The Bertz CT molecular complexity index is 1380. The minimum absolute atomic E-state index is 0.595. The molecule has 0 spiro atoms. The lowest BCUT2D eigenvalue weighted by Gasteiger charge is -2.11. The molecule has 0 radical (unpaired) electrons. The summed E-state index contributed by atoms with van der Waals surface area (Å²) in [7, 11) is 0. The van der Waals surface area contributed by atoms with Gasteiger partial charge < -0.3 is 4.42 Å². The van der Waals surface area contributed by atoms with Gasteiger partial charge in [0.2, 0.25) is 0 Å². The van der Waals surface area contributed by atoms with Gasteiger partial charge in [0.15, 0.2) is 0 Å². The Morgan fingerprint density at radius 2 is 1.36 bits per heavy atom.